The third kappa shape index (κ3) is 5.60. The van der Waals surface area contributed by atoms with E-state index >= 15 is 0 Å². The fourth-order valence-electron chi connectivity index (χ4n) is 1.24. The maximum Gasteiger partial charge on any atom is 0.162 e. The van der Waals surface area contributed by atoms with E-state index in [1.165, 1.54) is 6.07 Å². The van der Waals surface area contributed by atoms with Crippen LogP contribution in [0.25, 0.3) is 0 Å². The smallest absolute Gasteiger partial charge is 0.162 e. The van der Waals surface area contributed by atoms with Gasteiger partial charge in [-0.1, -0.05) is 0 Å². The Labute approximate surface area is 100 Å². The summed E-state index contributed by atoms with van der Waals surface area (Å²) in [5, 5.41) is 3.18. The van der Waals surface area contributed by atoms with Crippen molar-refractivity contribution in [2.45, 2.75) is 0 Å². The third-order valence-electron chi connectivity index (χ3n) is 2.17. The average molecular weight is 244 g/mol. The second-order valence-corrected chi connectivity index (χ2v) is 3.98. The van der Waals surface area contributed by atoms with Crippen LogP contribution in [0.2, 0.25) is 0 Å². The monoisotopic (exact) mass is 244 g/mol. The largest absolute Gasteiger partial charge is 0.492 e. The summed E-state index contributed by atoms with van der Waals surface area (Å²) >= 11 is 0. The summed E-state index contributed by atoms with van der Waals surface area (Å²) < 4.78 is 30.7. The minimum Gasteiger partial charge on any atom is -0.492 e. The van der Waals surface area contributed by atoms with Crippen molar-refractivity contribution in [1.82, 2.24) is 10.2 Å². The molecule has 0 heterocycles. The van der Waals surface area contributed by atoms with Gasteiger partial charge in [0.05, 0.1) is 0 Å². The number of benzene rings is 1. The van der Waals surface area contributed by atoms with Crippen LogP contribution in [0.5, 0.6) is 5.75 Å². The lowest BCUT2D eigenvalue weighted by atomic mass is 10.3. The van der Waals surface area contributed by atoms with Crippen LogP contribution >= 0.6 is 0 Å². The molecule has 1 aromatic rings. The molecule has 1 N–H and O–H groups in total. The van der Waals surface area contributed by atoms with E-state index in [0.29, 0.717) is 18.9 Å². The first-order valence-electron chi connectivity index (χ1n) is 5.53. The van der Waals surface area contributed by atoms with E-state index in [1.54, 1.807) is 0 Å². The lowest BCUT2D eigenvalue weighted by Crippen LogP contribution is -2.29. The Balaban J connectivity index is 2.16. The molecule has 0 unspecified atom stereocenters. The third-order valence-corrected chi connectivity index (χ3v) is 2.17. The highest BCUT2D eigenvalue weighted by Crippen LogP contribution is 2.14. The number of nitrogens with zero attached hydrogens (tertiary/aromatic N) is 1. The van der Waals surface area contributed by atoms with Gasteiger partial charge in [-0.05, 0) is 26.2 Å². The minimum absolute atomic E-state index is 0.346. The highest BCUT2D eigenvalue weighted by Gasteiger charge is 2.02. The van der Waals surface area contributed by atoms with Crippen LogP contribution in [-0.2, 0) is 0 Å². The number of halogens is 2. The maximum absolute atomic E-state index is 12.8. The van der Waals surface area contributed by atoms with E-state index in [4.69, 9.17) is 4.74 Å². The zero-order chi connectivity index (χ0) is 12.7. The van der Waals surface area contributed by atoms with E-state index in [0.717, 1.165) is 25.2 Å². The molecule has 1 aromatic carbocycles. The Morgan fingerprint density at radius 3 is 2.59 bits per heavy atom. The number of hydrogen-bond acceptors (Lipinski definition) is 3. The topological polar surface area (TPSA) is 24.5 Å². The molecule has 0 aliphatic heterocycles. The molecule has 0 aromatic heterocycles. The molecule has 5 heteroatoms. The average Bonchev–Trinajstić information content (AvgIpc) is 2.27. The molecule has 0 atom stereocenters. The van der Waals surface area contributed by atoms with Crippen LogP contribution in [0.3, 0.4) is 0 Å². The Kier molecular flexibility index (Phi) is 5.86. The van der Waals surface area contributed by atoms with Crippen LogP contribution in [0, 0.1) is 11.6 Å². The summed E-state index contributed by atoms with van der Waals surface area (Å²) in [4.78, 5) is 2.07. The van der Waals surface area contributed by atoms with Gasteiger partial charge in [0.15, 0.2) is 11.6 Å². The van der Waals surface area contributed by atoms with Gasteiger partial charge >= 0.3 is 0 Å². The summed E-state index contributed by atoms with van der Waals surface area (Å²) in [6.45, 7) is 2.92. The van der Waals surface area contributed by atoms with Gasteiger partial charge < -0.3 is 15.0 Å². The predicted molar refractivity (Wildman–Crippen MR) is 63.3 cm³/mol. The minimum atomic E-state index is -0.886. The number of rotatable bonds is 7. The first-order valence-corrected chi connectivity index (χ1v) is 5.53. The SMILES string of the molecule is CN(C)CCNCCOc1ccc(F)c(F)c1. The standard InChI is InChI=1S/C12H18F2N2O/c1-16(2)7-5-15-6-8-17-10-3-4-11(13)12(14)9-10/h3-4,9,15H,5-8H2,1-2H3. The lowest BCUT2D eigenvalue weighted by molar-refractivity contribution is 0.306. The molecule has 3 nitrogen and oxygen atoms in total. The van der Waals surface area contributed by atoms with Crippen molar-refractivity contribution in [3.8, 4) is 5.75 Å². The van der Waals surface area contributed by atoms with E-state index in [1.807, 2.05) is 14.1 Å². The fraction of sp³-hybridized carbons (Fsp3) is 0.500. The molecule has 0 fully saturated rings. The molecule has 1 rings (SSSR count). The van der Waals surface area contributed by atoms with Gasteiger partial charge in [0.2, 0.25) is 0 Å². The molecule has 0 radical (unpaired) electrons. The Morgan fingerprint density at radius 2 is 1.94 bits per heavy atom. The lowest BCUT2D eigenvalue weighted by Gasteiger charge is -2.11. The quantitative estimate of drug-likeness (QED) is 0.736. The van der Waals surface area contributed by atoms with Crippen molar-refractivity contribution in [1.29, 1.82) is 0 Å². The molecular weight excluding hydrogens is 226 g/mol. The maximum atomic E-state index is 12.8. The van der Waals surface area contributed by atoms with Crippen LogP contribution in [0.15, 0.2) is 18.2 Å². The van der Waals surface area contributed by atoms with Crippen molar-refractivity contribution >= 4 is 0 Å². The van der Waals surface area contributed by atoms with Gasteiger partial charge in [-0.15, -0.1) is 0 Å². The van der Waals surface area contributed by atoms with E-state index in [-0.39, 0.29) is 0 Å². The van der Waals surface area contributed by atoms with Crippen LogP contribution in [0.4, 0.5) is 8.78 Å². The zero-order valence-corrected chi connectivity index (χ0v) is 10.2. The van der Waals surface area contributed by atoms with Gasteiger partial charge in [-0.25, -0.2) is 8.78 Å². The number of nitrogens with one attached hydrogen (secondary N) is 1. The van der Waals surface area contributed by atoms with Gasteiger partial charge in [0, 0.05) is 25.7 Å². The van der Waals surface area contributed by atoms with Crippen molar-refractivity contribution in [3.63, 3.8) is 0 Å². The second kappa shape index (κ2) is 7.19. The van der Waals surface area contributed by atoms with Crippen molar-refractivity contribution in [2.24, 2.45) is 0 Å². The normalized spacial score (nSPS) is 10.9. The molecule has 0 saturated heterocycles. The van der Waals surface area contributed by atoms with Gasteiger partial charge in [-0.3, -0.25) is 0 Å². The predicted octanol–water partition coefficient (Wildman–Crippen LogP) is 1.49. The van der Waals surface area contributed by atoms with Crippen LogP contribution in [-0.4, -0.2) is 45.2 Å². The van der Waals surface area contributed by atoms with E-state index in [9.17, 15) is 8.78 Å². The molecule has 17 heavy (non-hydrogen) atoms. The summed E-state index contributed by atoms with van der Waals surface area (Å²) in [6, 6.07) is 3.53. The first kappa shape index (κ1) is 13.9. The molecule has 96 valence electrons. The van der Waals surface area contributed by atoms with Gasteiger partial charge in [-0.2, -0.15) is 0 Å². The molecule has 0 spiro atoms. The molecule has 0 aliphatic carbocycles. The fourth-order valence-corrected chi connectivity index (χ4v) is 1.24. The Hall–Kier alpha value is -1.20. The zero-order valence-electron chi connectivity index (χ0n) is 10.2. The molecule has 0 bridgehead atoms. The Morgan fingerprint density at radius 1 is 1.18 bits per heavy atom. The van der Waals surface area contributed by atoms with Crippen LogP contribution in [0.1, 0.15) is 0 Å². The van der Waals surface area contributed by atoms with E-state index in [2.05, 4.69) is 10.2 Å². The first-order chi connectivity index (χ1) is 8.09. The van der Waals surface area contributed by atoms with Crippen molar-refractivity contribution < 1.29 is 13.5 Å². The summed E-state index contributed by atoms with van der Waals surface area (Å²) in [5.74, 6) is -1.40. The number of ether oxygens (including phenoxy) is 1. The second-order valence-electron chi connectivity index (χ2n) is 3.98. The van der Waals surface area contributed by atoms with Crippen LogP contribution < -0.4 is 10.1 Å². The molecule has 0 aliphatic rings. The number of hydrogen-bond donors (Lipinski definition) is 1. The summed E-state index contributed by atoms with van der Waals surface area (Å²) in [5.41, 5.74) is 0. The Bertz CT molecular complexity index is 345. The highest BCUT2D eigenvalue weighted by molar-refractivity contribution is 5.23. The molecule has 0 amide bonds. The van der Waals surface area contributed by atoms with Crippen molar-refractivity contribution in [2.75, 3.05) is 40.3 Å². The van der Waals surface area contributed by atoms with Gasteiger partial charge in [0.25, 0.3) is 0 Å². The van der Waals surface area contributed by atoms with Gasteiger partial charge in [0.1, 0.15) is 12.4 Å². The summed E-state index contributed by atoms with van der Waals surface area (Å²) in [7, 11) is 4.00. The molecule has 0 saturated carbocycles. The van der Waals surface area contributed by atoms with Crippen molar-refractivity contribution in [3.05, 3.63) is 29.8 Å². The summed E-state index contributed by atoms with van der Waals surface area (Å²) in [6.07, 6.45) is 0. The molecular formula is C12H18F2N2O. The van der Waals surface area contributed by atoms with E-state index < -0.39 is 11.6 Å². The highest BCUT2D eigenvalue weighted by atomic mass is 19.2. The number of likely N-dealkylation sites (N-methyl/N-ethyl adjacent to an activating group) is 1.